The van der Waals surface area contributed by atoms with Crippen molar-refractivity contribution in [3.8, 4) is 11.5 Å². The van der Waals surface area contributed by atoms with Crippen LogP contribution in [0.2, 0.25) is 0 Å². The SMILES string of the molecule is O=Cc1ccc(-c2nn(Cc3ccccc3Br)c3ccccc23)o1. The van der Waals surface area contributed by atoms with Crippen molar-refractivity contribution in [1.29, 1.82) is 0 Å². The van der Waals surface area contributed by atoms with Gasteiger partial charge in [0.2, 0.25) is 0 Å². The van der Waals surface area contributed by atoms with Gasteiger partial charge in [0.25, 0.3) is 0 Å². The zero-order valence-corrected chi connectivity index (χ0v) is 14.2. The molecule has 0 N–H and O–H groups in total. The van der Waals surface area contributed by atoms with Crippen molar-refractivity contribution in [3.05, 3.63) is 76.5 Å². The van der Waals surface area contributed by atoms with Crippen molar-refractivity contribution in [1.82, 2.24) is 9.78 Å². The first-order chi connectivity index (χ1) is 11.8. The van der Waals surface area contributed by atoms with Crippen molar-refractivity contribution in [3.63, 3.8) is 0 Å². The van der Waals surface area contributed by atoms with Crippen LogP contribution in [0.15, 0.2) is 69.6 Å². The molecule has 0 saturated heterocycles. The van der Waals surface area contributed by atoms with E-state index in [2.05, 4.69) is 22.0 Å². The summed E-state index contributed by atoms with van der Waals surface area (Å²) in [6.07, 6.45) is 0.698. The summed E-state index contributed by atoms with van der Waals surface area (Å²) in [6.45, 7) is 0.642. The minimum atomic E-state index is 0.300. The number of fused-ring (bicyclic) bond motifs is 1. The summed E-state index contributed by atoms with van der Waals surface area (Å²) in [7, 11) is 0. The first-order valence-corrected chi connectivity index (χ1v) is 8.30. The number of benzene rings is 2. The lowest BCUT2D eigenvalue weighted by Gasteiger charge is -2.05. The van der Waals surface area contributed by atoms with Gasteiger partial charge in [-0.1, -0.05) is 52.3 Å². The fraction of sp³-hybridized carbons (Fsp3) is 0.0526. The van der Waals surface area contributed by atoms with Crippen molar-refractivity contribution >= 4 is 33.1 Å². The van der Waals surface area contributed by atoms with Crippen molar-refractivity contribution in [2.45, 2.75) is 6.54 Å². The predicted molar refractivity (Wildman–Crippen MR) is 96.1 cm³/mol. The number of carbonyl (C=O) groups is 1. The summed E-state index contributed by atoms with van der Waals surface area (Å²) in [4.78, 5) is 10.9. The number of hydrogen-bond donors (Lipinski definition) is 0. The molecule has 0 unspecified atom stereocenters. The van der Waals surface area contributed by atoms with Gasteiger partial charge in [0.15, 0.2) is 17.8 Å². The third kappa shape index (κ3) is 2.57. The molecule has 4 aromatic rings. The number of furan rings is 1. The van der Waals surface area contributed by atoms with Crippen LogP contribution in [0.1, 0.15) is 16.1 Å². The lowest BCUT2D eigenvalue weighted by Crippen LogP contribution is -2.02. The smallest absolute Gasteiger partial charge is 0.185 e. The Balaban J connectivity index is 1.85. The van der Waals surface area contributed by atoms with Crippen molar-refractivity contribution in [2.24, 2.45) is 0 Å². The van der Waals surface area contributed by atoms with Crippen molar-refractivity contribution in [2.75, 3.05) is 0 Å². The Labute approximate surface area is 146 Å². The molecule has 0 atom stereocenters. The van der Waals surface area contributed by atoms with E-state index in [1.165, 1.54) is 0 Å². The number of hydrogen-bond acceptors (Lipinski definition) is 3. The molecule has 4 nitrogen and oxygen atoms in total. The second-order valence-corrected chi connectivity index (χ2v) is 6.29. The molecule has 0 aliphatic heterocycles. The number of rotatable bonds is 4. The van der Waals surface area contributed by atoms with Crippen LogP contribution in [0.5, 0.6) is 0 Å². The summed E-state index contributed by atoms with van der Waals surface area (Å²) in [5.41, 5.74) is 2.91. The van der Waals surface area contributed by atoms with Crippen LogP contribution in [0.3, 0.4) is 0 Å². The topological polar surface area (TPSA) is 48.0 Å². The van der Waals surface area contributed by atoms with E-state index >= 15 is 0 Å². The molecular formula is C19H13BrN2O2. The summed E-state index contributed by atoms with van der Waals surface area (Å²) in [5.74, 6) is 0.897. The van der Waals surface area contributed by atoms with E-state index in [-0.39, 0.29) is 0 Å². The lowest BCUT2D eigenvalue weighted by molar-refractivity contribution is 0.110. The average molecular weight is 381 g/mol. The highest BCUT2D eigenvalue weighted by molar-refractivity contribution is 9.10. The Morgan fingerprint density at radius 1 is 1.04 bits per heavy atom. The number of para-hydroxylation sites is 1. The van der Waals surface area contributed by atoms with Gasteiger partial charge in [0.1, 0.15) is 5.69 Å². The number of nitrogens with zero attached hydrogens (tertiary/aromatic N) is 2. The molecule has 0 bridgehead atoms. The molecule has 0 fully saturated rings. The zero-order chi connectivity index (χ0) is 16.5. The highest BCUT2D eigenvalue weighted by atomic mass is 79.9. The van der Waals surface area contributed by atoms with Crippen LogP contribution in [-0.4, -0.2) is 16.1 Å². The molecule has 0 aliphatic carbocycles. The van der Waals surface area contributed by atoms with Gasteiger partial charge in [-0.25, -0.2) is 0 Å². The second-order valence-electron chi connectivity index (χ2n) is 5.43. The normalized spacial score (nSPS) is 11.0. The number of carbonyl (C=O) groups excluding carboxylic acids is 1. The monoisotopic (exact) mass is 380 g/mol. The van der Waals surface area contributed by atoms with Gasteiger partial charge in [-0.3, -0.25) is 9.48 Å². The Hall–Kier alpha value is -2.66. The maximum absolute atomic E-state index is 10.9. The Bertz CT molecular complexity index is 1030. The van der Waals surface area contributed by atoms with E-state index in [1.807, 2.05) is 47.1 Å². The summed E-state index contributed by atoms with van der Waals surface area (Å²) in [6, 6.07) is 19.5. The van der Waals surface area contributed by atoms with Crippen LogP contribution in [0, 0.1) is 0 Å². The Morgan fingerprint density at radius 3 is 2.62 bits per heavy atom. The van der Waals surface area contributed by atoms with Gasteiger partial charge in [0, 0.05) is 9.86 Å². The molecule has 4 rings (SSSR count). The molecule has 0 aliphatic rings. The fourth-order valence-corrected chi connectivity index (χ4v) is 3.17. The first-order valence-electron chi connectivity index (χ1n) is 7.50. The number of halogens is 1. The molecule has 118 valence electrons. The number of aldehydes is 1. The summed E-state index contributed by atoms with van der Waals surface area (Å²) >= 11 is 3.58. The average Bonchev–Trinajstić information content (AvgIpc) is 3.22. The van der Waals surface area contributed by atoms with E-state index in [1.54, 1.807) is 12.1 Å². The third-order valence-corrected chi connectivity index (χ3v) is 4.69. The van der Waals surface area contributed by atoms with E-state index < -0.39 is 0 Å². The molecule has 2 aromatic heterocycles. The molecule has 2 aromatic carbocycles. The zero-order valence-electron chi connectivity index (χ0n) is 12.6. The van der Waals surface area contributed by atoms with E-state index in [0.29, 0.717) is 24.4 Å². The highest BCUT2D eigenvalue weighted by Crippen LogP contribution is 2.30. The molecular weight excluding hydrogens is 368 g/mol. The van der Waals surface area contributed by atoms with Gasteiger partial charge in [-0.05, 0) is 29.8 Å². The van der Waals surface area contributed by atoms with Crippen LogP contribution >= 0.6 is 15.9 Å². The van der Waals surface area contributed by atoms with E-state index in [0.717, 1.165) is 26.6 Å². The van der Waals surface area contributed by atoms with Crippen LogP contribution in [0.4, 0.5) is 0 Å². The predicted octanol–water partition coefficient (Wildman–Crippen LogP) is 4.92. The minimum Gasteiger partial charge on any atom is -0.452 e. The van der Waals surface area contributed by atoms with Gasteiger partial charge in [0.05, 0.1) is 12.1 Å². The summed E-state index contributed by atoms with van der Waals surface area (Å²) < 4.78 is 8.56. The third-order valence-electron chi connectivity index (χ3n) is 3.91. The van der Waals surface area contributed by atoms with Crippen molar-refractivity contribution < 1.29 is 9.21 Å². The van der Waals surface area contributed by atoms with E-state index in [9.17, 15) is 4.79 Å². The maximum Gasteiger partial charge on any atom is 0.185 e. The lowest BCUT2D eigenvalue weighted by atomic mass is 10.2. The second kappa shape index (κ2) is 6.09. The Kier molecular flexibility index (Phi) is 3.78. The van der Waals surface area contributed by atoms with Gasteiger partial charge in [-0.15, -0.1) is 0 Å². The molecule has 24 heavy (non-hydrogen) atoms. The van der Waals surface area contributed by atoms with Crippen LogP contribution < -0.4 is 0 Å². The molecule has 0 amide bonds. The van der Waals surface area contributed by atoms with Gasteiger partial charge < -0.3 is 4.42 Å². The minimum absolute atomic E-state index is 0.300. The molecule has 5 heteroatoms. The van der Waals surface area contributed by atoms with E-state index in [4.69, 9.17) is 9.52 Å². The first kappa shape index (κ1) is 14.9. The molecule has 0 radical (unpaired) electrons. The van der Waals surface area contributed by atoms with Crippen LogP contribution in [-0.2, 0) is 6.54 Å². The highest BCUT2D eigenvalue weighted by Gasteiger charge is 2.15. The number of aromatic nitrogens is 2. The maximum atomic E-state index is 10.9. The van der Waals surface area contributed by atoms with Gasteiger partial charge >= 0.3 is 0 Å². The Morgan fingerprint density at radius 2 is 1.83 bits per heavy atom. The van der Waals surface area contributed by atoms with Gasteiger partial charge in [-0.2, -0.15) is 5.10 Å². The fourth-order valence-electron chi connectivity index (χ4n) is 2.76. The molecule has 2 heterocycles. The molecule has 0 spiro atoms. The standard InChI is InChI=1S/C19H13BrN2O2/c20-16-7-3-1-5-13(16)11-22-17-8-4-2-6-15(17)19(21-22)18-10-9-14(12-23)24-18/h1-10,12H,11H2. The quantitative estimate of drug-likeness (QED) is 0.472. The summed E-state index contributed by atoms with van der Waals surface area (Å²) in [5, 5.41) is 5.73. The van der Waals surface area contributed by atoms with Crippen LogP contribution in [0.25, 0.3) is 22.4 Å². The molecule has 0 saturated carbocycles. The largest absolute Gasteiger partial charge is 0.452 e.